The molecule has 0 amide bonds. The quantitative estimate of drug-likeness (QED) is 0.273. The molecule has 3 aromatic heterocycles. The van der Waals surface area contributed by atoms with Crippen LogP contribution in [0.25, 0.3) is 16.6 Å². The van der Waals surface area contributed by atoms with Gasteiger partial charge >= 0.3 is 0 Å². The number of aromatic nitrogens is 3. The van der Waals surface area contributed by atoms with Gasteiger partial charge < -0.3 is 19.4 Å². The van der Waals surface area contributed by atoms with E-state index in [-0.39, 0.29) is 5.88 Å². The normalized spacial score (nSPS) is 12.6. The zero-order valence-corrected chi connectivity index (χ0v) is 22.7. The number of aromatic hydroxyl groups is 1. The molecule has 2 aromatic carbocycles. The first-order valence-corrected chi connectivity index (χ1v) is 14.1. The minimum absolute atomic E-state index is 0.0345. The van der Waals surface area contributed by atoms with Gasteiger partial charge in [0.1, 0.15) is 5.65 Å². The second-order valence-electron chi connectivity index (χ2n) is 9.26. The minimum atomic E-state index is -3.46. The lowest BCUT2D eigenvalue weighted by Gasteiger charge is -2.24. The maximum absolute atomic E-state index is 12.4. The number of aliphatic imine (C=N–C) groups is 1. The van der Waals surface area contributed by atoms with E-state index < -0.39 is 10.0 Å². The number of imidazole rings is 1. The van der Waals surface area contributed by atoms with Gasteiger partial charge in [-0.15, -0.1) is 0 Å². The van der Waals surface area contributed by atoms with Crippen molar-refractivity contribution in [2.75, 3.05) is 37.7 Å². The number of hydrogen-bond acceptors (Lipinski definition) is 6. The van der Waals surface area contributed by atoms with Crippen LogP contribution in [-0.2, 0) is 10.0 Å². The van der Waals surface area contributed by atoms with Crippen LogP contribution < -0.4 is 4.31 Å². The summed E-state index contributed by atoms with van der Waals surface area (Å²) in [5.41, 5.74) is 4.37. The van der Waals surface area contributed by atoms with Crippen molar-refractivity contribution in [3.05, 3.63) is 89.3 Å². The number of hydrogen-bond donors (Lipinski definition) is 2. The molecular formula is C27H27ClN6O3S. The van der Waals surface area contributed by atoms with Gasteiger partial charge in [0.05, 0.1) is 34.4 Å². The van der Waals surface area contributed by atoms with Crippen molar-refractivity contribution in [1.82, 2.24) is 19.3 Å². The Morgan fingerprint density at radius 3 is 2.55 bits per heavy atom. The predicted molar refractivity (Wildman–Crippen MR) is 153 cm³/mol. The van der Waals surface area contributed by atoms with Crippen molar-refractivity contribution < 1.29 is 13.5 Å². The molecule has 38 heavy (non-hydrogen) atoms. The first-order valence-electron chi connectivity index (χ1n) is 11.8. The van der Waals surface area contributed by atoms with Crippen LogP contribution >= 0.6 is 11.6 Å². The number of H-pyrrole nitrogens is 1. The van der Waals surface area contributed by atoms with E-state index in [1.54, 1.807) is 42.6 Å². The van der Waals surface area contributed by atoms with Gasteiger partial charge in [-0.05, 0) is 62.6 Å². The highest BCUT2D eigenvalue weighted by Gasteiger charge is 2.21. The molecule has 0 radical (unpaired) electrons. The molecule has 5 rings (SSSR count). The standard InChI is InChI=1S/C27H27ClN6O3S/c1-32(2)14-15-34(38(3,36)37)21-7-5-20(6-8-21)30-26(18-10-12-33-13-11-29-24(33)16-18)25-22-9-4-19(28)17-23(22)31-27(25)35/h4-13,16-17,31,35H,14-15H2,1-3H3. The second-order valence-corrected chi connectivity index (χ2v) is 11.6. The number of aromatic amines is 1. The number of rotatable bonds is 8. The van der Waals surface area contributed by atoms with Crippen LogP contribution in [0.4, 0.5) is 11.4 Å². The molecule has 11 heteroatoms. The Kier molecular flexibility index (Phi) is 6.87. The van der Waals surface area contributed by atoms with Crippen LogP contribution in [0.5, 0.6) is 5.88 Å². The average molecular weight is 551 g/mol. The first-order chi connectivity index (χ1) is 18.1. The fourth-order valence-corrected chi connectivity index (χ4v) is 5.41. The van der Waals surface area contributed by atoms with Crippen LogP contribution in [0.2, 0.25) is 5.02 Å². The van der Waals surface area contributed by atoms with Crippen LogP contribution in [-0.4, -0.2) is 71.9 Å². The summed E-state index contributed by atoms with van der Waals surface area (Å²) < 4.78 is 28.2. The zero-order chi connectivity index (χ0) is 27.0. The summed E-state index contributed by atoms with van der Waals surface area (Å²) in [5, 5.41) is 12.2. The van der Waals surface area contributed by atoms with E-state index in [0.717, 1.165) is 16.6 Å². The van der Waals surface area contributed by atoms with Gasteiger partial charge in [0.2, 0.25) is 10.0 Å². The monoisotopic (exact) mass is 550 g/mol. The molecule has 0 saturated heterocycles. The van der Waals surface area contributed by atoms with E-state index in [9.17, 15) is 13.5 Å². The number of nitrogens with one attached hydrogen (secondary N) is 1. The lowest BCUT2D eigenvalue weighted by Crippen LogP contribution is -2.35. The average Bonchev–Trinajstić information content (AvgIpc) is 3.45. The number of anilines is 1. The van der Waals surface area contributed by atoms with Crippen molar-refractivity contribution in [3.8, 4) is 5.88 Å². The predicted octanol–water partition coefficient (Wildman–Crippen LogP) is 4.67. The Morgan fingerprint density at radius 2 is 1.84 bits per heavy atom. The molecule has 0 aliphatic carbocycles. The Morgan fingerprint density at radius 1 is 1.08 bits per heavy atom. The summed E-state index contributed by atoms with van der Waals surface area (Å²) in [4.78, 5) is 14.2. The van der Waals surface area contributed by atoms with Crippen LogP contribution in [0.1, 0.15) is 11.1 Å². The molecule has 0 bridgehead atoms. The molecule has 0 atom stereocenters. The summed E-state index contributed by atoms with van der Waals surface area (Å²) in [6.45, 7) is 0.910. The van der Waals surface area contributed by atoms with Crippen molar-refractivity contribution in [2.45, 2.75) is 0 Å². The van der Waals surface area contributed by atoms with Gasteiger partial charge in [0, 0.05) is 47.7 Å². The third kappa shape index (κ3) is 5.24. The number of benzene rings is 2. The number of pyridine rings is 1. The number of sulfonamides is 1. The van der Waals surface area contributed by atoms with Crippen molar-refractivity contribution >= 4 is 55.3 Å². The number of nitrogens with zero attached hydrogens (tertiary/aromatic N) is 5. The van der Waals surface area contributed by atoms with Crippen LogP contribution in [0.15, 0.2) is 78.2 Å². The fraction of sp³-hybridized carbons (Fsp3) is 0.185. The Balaban J connectivity index is 1.62. The molecule has 5 aromatic rings. The van der Waals surface area contributed by atoms with Gasteiger partial charge in [-0.3, -0.25) is 4.31 Å². The van der Waals surface area contributed by atoms with Crippen molar-refractivity contribution in [1.29, 1.82) is 0 Å². The maximum atomic E-state index is 12.4. The lowest BCUT2D eigenvalue weighted by molar-refractivity contribution is 0.419. The van der Waals surface area contributed by atoms with E-state index in [1.807, 2.05) is 54.0 Å². The Labute approximate surface area is 225 Å². The highest BCUT2D eigenvalue weighted by molar-refractivity contribution is 7.92. The van der Waals surface area contributed by atoms with Gasteiger partial charge in [0.25, 0.3) is 0 Å². The van der Waals surface area contributed by atoms with Crippen LogP contribution in [0.3, 0.4) is 0 Å². The summed E-state index contributed by atoms with van der Waals surface area (Å²) in [5.74, 6) is -0.0345. The van der Waals surface area contributed by atoms with Crippen molar-refractivity contribution in [2.24, 2.45) is 4.99 Å². The summed E-state index contributed by atoms with van der Waals surface area (Å²) >= 11 is 6.18. The van der Waals surface area contributed by atoms with Gasteiger partial charge in [0.15, 0.2) is 5.88 Å². The first kappa shape index (κ1) is 25.8. The third-order valence-corrected chi connectivity index (χ3v) is 7.61. The second kappa shape index (κ2) is 10.1. The molecule has 3 heterocycles. The van der Waals surface area contributed by atoms with E-state index in [1.165, 1.54) is 10.6 Å². The highest BCUT2D eigenvalue weighted by Crippen LogP contribution is 2.33. The minimum Gasteiger partial charge on any atom is -0.494 e. The van der Waals surface area contributed by atoms with E-state index in [0.29, 0.717) is 46.3 Å². The third-order valence-electron chi connectivity index (χ3n) is 6.18. The summed E-state index contributed by atoms with van der Waals surface area (Å²) in [7, 11) is 0.332. The molecule has 0 aliphatic heterocycles. The molecule has 0 fully saturated rings. The van der Waals surface area contributed by atoms with E-state index in [2.05, 4.69) is 9.97 Å². The number of halogens is 1. The topological polar surface area (TPSA) is 106 Å². The molecule has 0 unspecified atom stereocenters. The Hall–Kier alpha value is -3.86. The summed E-state index contributed by atoms with van der Waals surface area (Å²) in [6, 6.07) is 16.1. The van der Waals surface area contributed by atoms with Gasteiger partial charge in [-0.25, -0.2) is 18.4 Å². The molecule has 9 nitrogen and oxygen atoms in total. The fourth-order valence-electron chi connectivity index (χ4n) is 4.32. The molecular weight excluding hydrogens is 524 g/mol. The molecule has 0 saturated carbocycles. The van der Waals surface area contributed by atoms with E-state index in [4.69, 9.17) is 16.6 Å². The molecule has 196 valence electrons. The highest BCUT2D eigenvalue weighted by atomic mass is 35.5. The number of fused-ring (bicyclic) bond motifs is 2. The largest absolute Gasteiger partial charge is 0.494 e. The lowest BCUT2D eigenvalue weighted by atomic mass is 10.0. The van der Waals surface area contributed by atoms with Crippen molar-refractivity contribution in [3.63, 3.8) is 0 Å². The zero-order valence-electron chi connectivity index (χ0n) is 21.1. The molecule has 0 spiro atoms. The maximum Gasteiger partial charge on any atom is 0.232 e. The van der Waals surface area contributed by atoms with Crippen LogP contribution in [0, 0.1) is 0 Å². The molecule has 2 N–H and O–H groups in total. The summed E-state index contributed by atoms with van der Waals surface area (Å²) in [6.07, 6.45) is 6.64. The van der Waals surface area contributed by atoms with Gasteiger partial charge in [-0.2, -0.15) is 0 Å². The van der Waals surface area contributed by atoms with Gasteiger partial charge in [-0.1, -0.05) is 17.7 Å². The Bertz CT molecular complexity index is 1760. The molecule has 0 aliphatic rings. The smallest absolute Gasteiger partial charge is 0.232 e. The SMILES string of the molecule is CN(C)CCN(c1ccc(N=C(c2ccn3ccnc3c2)c2c(O)[nH]c3cc(Cl)ccc23)cc1)S(C)(=O)=O. The van der Waals surface area contributed by atoms with E-state index >= 15 is 0 Å². The number of likely N-dealkylation sites (N-methyl/N-ethyl adjacent to an activating group) is 1.